The fourth-order valence-corrected chi connectivity index (χ4v) is 2.43. The van der Waals surface area contributed by atoms with E-state index in [-0.39, 0.29) is 0 Å². The Bertz CT molecular complexity index is 404. The van der Waals surface area contributed by atoms with Crippen molar-refractivity contribution in [2.75, 3.05) is 31.6 Å². The normalized spacial score (nSPS) is 19.4. The zero-order valence-corrected chi connectivity index (χ0v) is 11.9. The summed E-state index contributed by atoms with van der Waals surface area (Å²) in [6, 6.07) is 2.03. The van der Waals surface area contributed by atoms with E-state index in [0.29, 0.717) is 12.6 Å². The summed E-state index contributed by atoms with van der Waals surface area (Å²) in [4.78, 5) is 11.1. The van der Waals surface area contributed by atoms with Gasteiger partial charge in [0.2, 0.25) is 0 Å². The SMILES string of the molecule is Cc1nc(CCN)cc(N(C)C[C@@H]2CCCCO2)n1. The number of anilines is 1. The second-order valence-corrected chi connectivity index (χ2v) is 5.17. The number of aryl methyl sites for hydroxylation is 1. The molecule has 5 nitrogen and oxygen atoms in total. The molecule has 1 atom stereocenters. The van der Waals surface area contributed by atoms with Crippen LogP contribution in [0.25, 0.3) is 0 Å². The Balaban J connectivity index is 2.02. The highest BCUT2D eigenvalue weighted by Gasteiger charge is 2.17. The smallest absolute Gasteiger partial charge is 0.132 e. The summed E-state index contributed by atoms with van der Waals surface area (Å²) in [6.07, 6.45) is 4.72. The van der Waals surface area contributed by atoms with Crippen molar-refractivity contribution >= 4 is 5.82 Å². The Morgan fingerprint density at radius 2 is 2.26 bits per heavy atom. The van der Waals surface area contributed by atoms with E-state index in [9.17, 15) is 0 Å². The van der Waals surface area contributed by atoms with E-state index in [4.69, 9.17) is 10.5 Å². The molecule has 5 heteroatoms. The molecule has 1 aliphatic heterocycles. The summed E-state index contributed by atoms with van der Waals surface area (Å²) in [5.41, 5.74) is 6.61. The van der Waals surface area contributed by atoms with Gasteiger partial charge in [0.15, 0.2) is 0 Å². The molecule has 1 aromatic heterocycles. The molecular formula is C14H24N4O. The predicted molar refractivity (Wildman–Crippen MR) is 76.4 cm³/mol. The summed E-state index contributed by atoms with van der Waals surface area (Å²) in [7, 11) is 2.06. The van der Waals surface area contributed by atoms with E-state index < -0.39 is 0 Å². The van der Waals surface area contributed by atoms with Crippen LogP contribution in [0.4, 0.5) is 5.82 Å². The molecule has 19 heavy (non-hydrogen) atoms. The molecule has 1 aromatic rings. The molecule has 2 N–H and O–H groups in total. The first-order valence-electron chi connectivity index (χ1n) is 7.06. The number of hydrogen-bond donors (Lipinski definition) is 1. The third kappa shape index (κ3) is 4.14. The van der Waals surface area contributed by atoms with E-state index in [2.05, 4.69) is 21.9 Å². The molecule has 0 spiro atoms. The van der Waals surface area contributed by atoms with Gasteiger partial charge in [-0.05, 0) is 32.7 Å². The molecule has 2 heterocycles. The van der Waals surface area contributed by atoms with Crippen molar-refractivity contribution in [2.24, 2.45) is 5.73 Å². The maximum atomic E-state index is 5.77. The van der Waals surface area contributed by atoms with Gasteiger partial charge in [-0.1, -0.05) is 0 Å². The van der Waals surface area contributed by atoms with Crippen molar-refractivity contribution in [1.29, 1.82) is 0 Å². The van der Waals surface area contributed by atoms with Gasteiger partial charge in [-0.25, -0.2) is 9.97 Å². The molecule has 0 unspecified atom stereocenters. The maximum absolute atomic E-state index is 5.77. The van der Waals surface area contributed by atoms with Gasteiger partial charge in [0.05, 0.1) is 6.10 Å². The van der Waals surface area contributed by atoms with E-state index >= 15 is 0 Å². The minimum Gasteiger partial charge on any atom is -0.376 e. The standard InChI is InChI=1S/C14H24N4O/c1-11-16-12(6-7-15)9-14(17-11)18(2)10-13-5-3-4-8-19-13/h9,13H,3-8,10,15H2,1-2H3/t13-/m0/s1. The van der Waals surface area contributed by atoms with Gasteiger partial charge in [-0.2, -0.15) is 0 Å². The van der Waals surface area contributed by atoms with Crippen molar-refractivity contribution in [3.05, 3.63) is 17.6 Å². The molecule has 0 aliphatic carbocycles. The lowest BCUT2D eigenvalue weighted by molar-refractivity contribution is 0.0215. The van der Waals surface area contributed by atoms with Crippen LogP contribution in [-0.4, -0.2) is 42.8 Å². The van der Waals surface area contributed by atoms with Crippen molar-refractivity contribution in [2.45, 2.75) is 38.7 Å². The molecule has 1 aliphatic rings. The summed E-state index contributed by atoms with van der Waals surface area (Å²) < 4.78 is 5.77. The molecule has 1 fully saturated rings. The van der Waals surface area contributed by atoms with Gasteiger partial charge in [0.25, 0.3) is 0 Å². The molecule has 0 bridgehead atoms. The monoisotopic (exact) mass is 264 g/mol. The van der Waals surface area contributed by atoms with Crippen LogP contribution in [0.2, 0.25) is 0 Å². The Kier molecular flexibility index (Phi) is 5.10. The molecule has 1 saturated heterocycles. The Labute approximate surface area is 115 Å². The number of ether oxygens (including phenoxy) is 1. The highest BCUT2D eigenvalue weighted by atomic mass is 16.5. The number of aromatic nitrogens is 2. The zero-order chi connectivity index (χ0) is 13.7. The molecule has 0 saturated carbocycles. The van der Waals surface area contributed by atoms with E-state index in [1.54, 1.807) is 0 Å². The van der Waals surface area contributed by atoms with Crippen molar-refractivity contribution in [3.8, 4) is 0 Å². The Morgan fingerprint density at radius 3 is 2.95 bits per heavy atom. The van der Waals surface area contributed by atoms with Crippen LogP contribution < -0.4 is 10.6 Å². The van der Waals surface area contributed by atoms with Crippen LogP contribution in [0.15, 0.2) is 6.07 Å². The third-order valence-corrected chi connectivity index (χ3v) is 3.42. The first kappa shape index (κ1) is 14.2. The van der Waals surface area contributed by atoms with Crippen LogP contribution in [0.5, 0.6) is 0 Å². The number of nitrogens with zero attached hydrogens (tertiary/aromatic N) is 3. The molecular weight excluding hydrogens is 240 g/mol. The molecule has 2 rings (SSSR count). The lowest BCUT2D eigenvalue weighted by Gasteiger charge is -2.28. The summed E-state index contributed by atoms with van der Waals surface area (Å²) in [6.45, 7) is 4.32. The van der Waals surface area contributed by atoms with Crippen LogP contribution in [-0.2, 0) is 11.2 Å². The van der Waals surface area contributed by atoms with Crippen LogP contribution >= 0.6 is 0 Å². The quantitative estimate of drug-likeness (QED) is 0.868. The highest BCUT2D eigenvalue weighted by molar-refractivity contribution is 5.39. The average Bonchev–Trinajstić information content (AvgIpc) is 2.39. The number of nitrogens with two attached hydrogens (primary N) is 1. The minimum atomic E-state index is 0.326. The number of rotatable bonds is 5. The minimum absolute atomic E-state index is 0.326. The highest BCUT2D eigenvalue weighted by Crippen LogP contribution is 2.17. The van der Waals surface area contributed by atoms with Crippen LogP contribution in [0.1, 0.15) is 30.8 Å². The summed E-state index contributed by atoms with van der Waals surface area (Å²) in [5.74, 6) is 1.77. The van der Waals surface area contributed by atoms with Crippen molar-refractivity contribution in [3.63, 3.8) is 0 Å². The molecule has 106 valence electrons. The summed E-state index contributed by atoms with van der Waals surface area (Å²) >= 11 is 0. The lowest BCUT2D eigenvalue weighted by Crippen LogP contribution is -2.34. The van der Waals surface area contributed by atoms with Gasteiger partial charge in [-0.3, -0.25) is 0 Å². The molecule has 0 radical (unpaired) electrons. The van der Waals surface area contributed by atoms with Crippen LogP contribution in [0.3, 0.4) is 0 Å². The zero-order valence-electron chi connectivity index (χ0n) is 11.9. The average molecular weight is 264 g/mol. The second kappa shape index (κ2) is 6.82. The predicted octanol–water partition coefficient (Wildman–Crippen LogP) is 1.29. The van der Waals surface area contributed by atoms with E-state index in [0.717, 1.165) is 43.3 Å². The Hall–Kier alpha value is -1.20. The molecule has 0 amide bonds. The van der Waals surface area contributed by atoms with Crippen molar-refractivity contribution < 1.29 is 4.74 Å². The van der Waals surface area contributed by atoms with E-state index in [1.165, 1.54) is 12.8 Å². The third-order valence-electron chi connectivity index (χ3n) is 3.42. The second-order valence-electron chi connectivity index (χ2n) is 5.17. The Morgan fingerprint density at radius 1 is 1.42 bits per heavy atom. The van der Waals surface area contributed by atoms with Gasteiger partial charge in [-0.15, -0.1) is 0 Å². The largest absolute Gasteiger partial charge is 0.376 e. The van der Waals surface area contributed by atoms with Crippen LogP contribution in [0, 0.1) is 6.92 Å². The van der Waals surface area contributed by atoms with Crippen molar-refractivity contribution in [1.82, 2.24) is 9.97 Å². The summed E-state index contributed by atoms with van der Waals surface area (Å²) in [5, 5.41) is 0. The van der Waals surface area contributed by atoms with Gasteiger partial charge >= 0.3 is 0 Å². The van der Waals surface area contributed by atoms with Gasteiger partial charge < -0.3 is 15.4 Å². The fourth-order valence-electron chi connectivity index (χ4n) is 2.43. The van der Waals surface area contributed by atoms with E-state index in [1.807, 2.05) is 13.0 Å². The number of hydrogen-bond acceptors (Lipinski definition) is 5. The first-order chi connectivity index (χ1) is 9.19. The lowest BCUT2D eigenvalue weighted by atomic mass is 10.1. The first-order valence-corrected chi connectivity index (χ1v) is 7.06. The van der Waals surface area contributed by atoms with Gasteiger partial charge in [0.1, 0.15) is 11.6 Å². The maximum Gasteiger partial charge on any atom is 0.132 e. The number of likely N-dealkylation sites (N-methyl/N-ethyl adjacent to an activating group) is 1. The molecule has 0 aromatic carbocycles. The fraction of sp³-hybridized carbons (Fsp3) is 0.714. The van der Waals surface area contributed by atoms with Gasteiger partial charge in [0, 0.05) is 38.4 Å². The topological polar surface area (TPSA) is 64.3 Å².